The topological polar surface area (TPSA) is 76.8 Å². The molecule has 1 amide bonds. The van der Waals surface area contributed by atoms with Crippen LogP contribution in [0.5, 0.6) is 11.5 Å². The quantitative estimate of drug-likeness (QED) is 0.733. The molecule has 0 fully saturated rings. The number of ether oxygens (including phenoxy) is 2. The second kappa shape index (κ2) is 7.52. The molecule has 2 heterocycles. The number of carbonyl (C=O) groups excluding carboxylic acids is 1. The fourth-order valence-electron chi connectivity index (χ4n) is 3.75. The Kier molecular flexibility index (Phi) is 4.92. The standard InChI is InChI=1S/C21H23N3O4/c1-27-18-9-14-7-8-23(11-15(14)10-19(18)28-2)21(26)12-24-17-6-4-3-5-16(17)22-20(24)13-25/h3-6,9-10,25H,7-8,11-13H2,1-2H3. The zero-order valence-corrected chi connectivity index (χ0v) is 16.0. The van der Waals surface area contributed by atoms with Gasteiger partial charge in [0, 0.05) is 13.1 Å². The number of benzene rings is 2. The minimum absolute atomic E-state index is 0.00159. The molecule has 0 saturated carbocycles. The molecule has 28 heavy (non-hydrogen) atoms. The van der Waals surface area contributed by atoms with Crippen molar-refractivity contribution < 1.29 is 19.4 Å². The first-order valence-corrected chi connectivity index (χ1v) is 9.21. The molecule has 0 radical (unpaired) electrons. The van der Waals surface area contributed by atoms with Crippen molar-refractivity contribution in [1.82, 2.24) is 14.5 Å². The van der Waals surface area contributed by atoms with Gasteiger partial charge in [-0.1, -0.05) is 12.1 Å². The highest BCUT2D eigenvalue weighted by Gasteiger charge is 2.24. The van der Waals surface area contributed by atoms with Gasteiger partial charge in [-0.25, -0.2) is 4.98 Å². The number of para-hydroxylation sites is 2. The van der Waals surface area contributed by atoms with Crippen molar-refractivity contribution in [3.05, 3.63) is 53.3 Å². The van der Waals surface area contributed by atoms with Gasteiger partial charge < -0.3 is 24.0 Å². The summed E-state index contributed by atoms with van der Waals surface area (Å²) in [6.45, 7) is 1.11. The molecule has 1 N–H and O–H groups in total. The van der Waals surface area contributed by atoms with Crippen LogP contribution in [0.4, 0.5) is 0 Å². The van der Waals surface area contributed by atoms with Crippen LogP contribution in [0.2, 0.25) is 0 Å². The van der Waals surface area contributed by atoms with Gasteiger partial charge in [0.1, 0.15) is 19.0 Å². The van der Waals surface area contributed by atoms with Crippen LogP contribution >= 0.6 is 0 Å². The first-order valence-electron chi connectivity index (χ1n) is 9.21. The molecular weight excluding hydrogens is 358 g/mol. The van der Waals surface area contributed by atoms with Gasteiger partial charge >= 0.3 is 0 Å². The maximum absolute atomic E-state index is 13.0. The Morgan fingerprint density at radius 2 is 1.86 bits per heavy atom. The molecule has 0 saturated heterocycles. The summed E-state index contributed by atoms with van der Waals surface area (Å²) >= 11 is 0. The first kappa shape index (κ1) is 18.3. The van der Waals surface area contributed by atoms with Crippen molar-refractivity contribution in [1.29, 1.82) is 0 Å². The van der Waals surface area contributed by atoms with E-state index in [2.05, 4.69) is 4.98 Å². The molecule has 1 aliphatic heterocycles. The van der Waals surface area contributed by atoms with E-state index in [0.717, 1.165) is 23.0 Å². The fourth-order valence-corrected chi connectivity index (χ4v) is 3.75. The van der Waals surface area contributed by atoms with Crippen molar-refractivity contribution in [3.63, 3.8) is 0 Å². The van der Waals surface area contributed by atoms with Crippen LogP contribution < -0.4 is 9.47 Å². The van der Waals surface area contributed by atoms with Crippen molar-refractivity contribution in [3.8, 4) is 11.5 Å². The Labute approximate surface area is 163 Å². The number of aliphatic hydroxyl groups is 1. The summed E-state index contributed by atoms with van der Waals surface area (Å²) in [7, 11) is 3.23. The van der Waals surface area contributed by atoms with Crippen LogP contribution in [0.1, 0.15) is 17.0 Å². The van der Waals surface area contributed by atoms with Gasteiger partial charge in [0.25, 0.3) is 0 Å². The number of methoxy groups -OCH3 is 2. The van der Waals surface area contributed by atoms with Crippen LogP contribution in [0.15, 0.2) is 36.4 Å². The van der Waals surface area contributed by atoms with Gasteiger partial charge in [-0.3, -0.25) is 4.79 Å². The molecule has 0 atom stereocenters. The number of amides is 1. The maximum atomic E-state index is 13.0. The molecule has 0 spiro atoms. The average Bonchev–Trinajstić information content (AvgIpc) is 3.09. The van der Waals surface area contributed by atoms with Crippen LogP contribution in [0.3, 0.4) is 0 Å². The minimum Gasteiger partial charge on any atom is -0.493 e. The van der Waals surface area contributed by atoms with Gasteiger partial charge in [0.2, 0.25) is 5.91 Å². The minimum atomic E-state index is -0.207. The highest BCUT2D eigenvalue weighted by molar-refractivity contribution is 5.81. The molecule has 7 heteroatoms. The molecule has 4 rings (SSSR count). The number of rotatable bonds is 5. The molecule has 0 unspecified atom stereocenters. The summed E-state index contributed by atoms with van der Waals surface area (Å²) in [5.74, 6) is 1.87. The lowest BCUT2D eigenvalue weighted by Gasteiger charge is -2.30. The lowest BCUT2D eigenvalue weighted by atomic mass is 9.98. The maximum Gasteiger partial charge on any atom is 0.242 e. The van der Waals surface area contributed by atoms with Crippen molar-refractivity contribution in [2.45, 2.75) is 26.1 Å². The van der Waals surface area contributed by atoms with Gasteiger partial charge in [0.15, 0.2) is 11.5 Å². The molecular formula is C21H23N3O4. The molecule has 1 aliphatic rings. The van der Waals surface area contributed by atoms with E-state index in [1.807, 2.05) is 41.3 Å². The second-order valence-electron chi connectivity index (χ2n) is 6.80. The van der Waals surface area contributed by atoms with E-state index in [-0.39, 0.29) is 19.1 Å². The smallest absolute Gasteiger partial charge is 0.242 e. The lowest BCUT2D eigenvalue weighted by Crippen LogP contribution is -2.38. The lowest BCUT2D eigenvalue weighted by molar-refractivity contribution is -0.132. The third-order valence-electron chi connectivity index (χ3n) is 5.24. The third kappa shape index (κ3) is 3.18. The van der Waals surface area contributed by atoms with Gasteiger partial charge in [-0.05, 0) is 41.8 Å². The number of aromatic nitrogens is 2. The van der Waals surface area contributed by atoms with E-state index >= 15 is 0 Å². The number of carbonyl (C=O) groups is 1. The number of fused-ring (bicyclic) bond motifs is 2. The summed E-state index contributed by atoms with van der Waals surface area (Å²) in [5, 5.41) is 9.65. The summed E-state index contributed by atoms with van der Waals surface area (Å²) in [6, 6.07) is 11.5. The van der Waals surface area contributed by atoms with Crippen molar-refractivity contribution in [2.75, 3.05) is 20.8 Å². The first-order chi connectivity index (χ1) is 13.6. The number of aliphatic hydroxyl groups excluding tert-OH is 1. The second-order valence-corrected chi connectivity index (χ2v) is 6.80. The number of hydrogen-bond acceptors (Lipinski definition) is 5. The molecule has 1 aromatic heterocycles. The molecule has 2 aromatic carbocycles. The number of hydrogen-bond donors (Lipinski definition) is 1. The summed E-state index contributed by atoms with van der Waals surface area (Å²) in [6.07, 6.45) is 0.763. The fraction of sp³-hybridized carbons (Fsp3) is 0.333. The van der Waals surface area contributed by atoms with Gasteiger partial charge in [-0.2, -0.15) is 0 Å². The Hall–Kier alpha value is -3.06. The van der Waals surface area contributed by atoms with E-state index in [9.17, 15) is 9.90 Å². The zero-order chi connectivity index (χ0) is 19.7. The van der Waals surface area contributed by atoms with Crippen LogP contribution in [-0.2, 0) is 30.9 Å². The van der Waals surface area contributed by atoms with E-state index in [1.54, 1.807) is 18.8 Å². The Morgan fingerprint density at radius 3 is 2.57 bits per heavy atom. The van der Waals surface area contributed by atoms with E-state index < -0.39 is 0 Å². The number of nitrogens with zero attached hydrogens (tertiary/aromatic N) is 3. The Balaban J connectivity index is 1.58. The Bertz CT molecular complexity index is 1030. The predicted molar refractivity (Wildman–Crippen MR) is 104 cm³/mol. The monoisotopic (exact) mass is 381 g/mol. The molecule has 146 valence electrons. The summed E-state index contributed by atoms with van der Waals surface area (Å²) in [4.78, 5) is 19.3. The normalized spacial score (nSPS) is 13.5. The summed E-state index contributed by atoms with van der Waals surface area (Å²) in [5.41, 5.74) is 3.87. The molecule has 7 nitrogen and oxygen atoms in total. The average molecular weight is 381 g/mol. The molecule has 0 bridgehead atoms. The van der Waals surface area contributed by atoms with Crippen LogP contribution in [0.25, 0.3) is 11.0 Å². The van der Waals surface area contributed by atoms with E-state index in [4.69, 9.17) is 9.47 Å². The zero-order valence-electron chi connectivity index (χ0n) is 16.0. The van der Waals surface area contributed by atoms with Gasteiger partial charge in [0.05, 0.1) is 25.3 Å². The van der Waals surface area contributed by atoms with E-state index in [0.29, 0.717) is 30.4 Å². The highest BCUT2D eigenvalue weighted by Crippen LogP contribution is 2.33. The van der Waals surface area contributed by atoms with Crippen LogP contribution in [-0.4, -0.2) is 46.2 Å². The Morgan fingerprint density at radius 1 is 1.14 bits per heavy atom. The van der Waals surface area contributed by atoms with E-state index in [1.165, 1.54) is 5.56 Å². The SMILES string of the molecule is COc1cc2c(cc1OC)CN(C(=O)Cn1c(CO)nc3ccccc31)CC2. The highest BCUT2D eigenvalue weighted by atomic mass is 16.5. The number of imidazole rings is 1. The summed E-state index contributed by atoms with van der Waals surface area (Å²) < 4.78 is 12.6. The predicted octanol–water partition coefficient (Wildman–Crippen LogP) is 2.13. The van der Waals surface area contributed by atoms with Gasteiger partial charge in [-0.15, -0.1) is 0 Å². The largest absolute Gasteiger partial charge is 0.493 e. The van der Waals surface area contributed by atoms with Crippen LogP contribution in [0, 0.1) is 0 Å². The van der Waals surface area contributed by atoms with Crippen molar-refractivity contribution in [2.24, 2.45) is 0 Å². The molecule has 3 aromatic rings. The third-order valence-corrected chi connectivity index (χ3v) is 5.24. The molecule has 0 aliphatic carbocycles. The van der Waals surface area contributed by atoms with Crippen molar-refractivity contribution >= 4 is 16.9 Å².